The molecule has 0 aromatic carbocycles. The zero-order chi connectivity index (χ0) is 7.40. The molecular formula is C8H18ClNO. The molecule has 1 fully saturated rings. The summed E-state index contributed by atoms with van der Waals surface area (Å²) < 4.78 is 0. The van der Waals surface area contributed by atoms with Crippen LogP contribution < -0.4 is 5.73 Å². The first-order chi connectivity index (χ1) is 4.84. The zero-order valence-corrected chi connectivity index (χ0v) is 7.65. The van der Waals surface area contributed by atoms with Crippen molar-refractivity contribution in [3.63, 3.8) is 0 Å². The molecule has 3 heteroatoms. The Kier molecular flexibility index (Phi) is 5.92. The Morgan fingerprint density at radius 2 is 1.82 bits per heavy atom. The molecule has 1 atom stereocenters. The normalized spacial score (nSPS) is 22.4. The van der Waals surface area contributed by atoms with E-state index in [0.717, 1.165) is 0 Å². The van der Waals surface area contributed by atoms with Crippen molar-refractivity contribution in [1.82, 2.24) is 0 Å². The SMILES string of the molecule is Cl.NC(CO)C1CCCCC1. The lowest BCUT2D eigenvalue weighted by Crippen LogP contribution is -2.34. The molecule has 68 valence electrons. The summed E-state index contributed by atoms with van der Waals surface area (Å²) in [6.45, 7) is 0.157. The third kappa shape index (κ3) is 3.41. The molecule has 3 N–H and O–H groups in total. The molecule has 2 nitrogen and oxygen atoms in total. The Morgan fingerprint density at radius 3 is 2.27 bits per heavy atom. The molecule has 0 aromatic heterocycles. The maximum atomic E-state index is 8.76. The Hall–Kier alpha value is 0.210. The van der Waals surface area contributed by atoms with E-state index in [0.29, 0.717) is 5.92 Å². The number of aliphatic hydroxyl groups excluding tert-OH is 1. The third-order valence-corrected chi connectivity index (χ3v) is 2.47. The minimum absolute atomic E-state index is 0. The van der Waals surface area contributed by atoms with Crippen LogP contribution in [0.3, 0.4) is 0 Å². The second-order valence-electron chi connectivity index (χ2n) is 3.24. The molecule has 0 radical (unpaired) electrons. The molecule has 0 amide bonds. The molecular weight excluding hydrogens is 162 g/mol. The van der Waals surface area contributed by atoms with Crippen LogP contribution in [-0.2, 0) is 0 Å². The third-order valence-electron chi connectivity index (χ3n) is 2.47. The molecule has 0 aromatic rings. The molecule has 11 heavy (non-hydrogen) atoms. The van der Waals surface area contributed by atoms with E-state index in [9.17, 15) is 0 Å². The maximum Gasteiger partial charge on any atom is 0.0585 e. The standard InChI is InChI=1S/C8H17NO.ClH/c9-8(6-10)7-4-2-1-3-5-7;/h7-8,10H,1-6,9H2;1H. The Morgan fingerprint density at radius 1 is 1.27 bits per heavy atom. The fourth-order valence-electron chi connectivity index (χ4n) is 1.71. The lowest BCUT2D eigenvalue weighted by Gasteiger charge is -2.25. The predicted molar refractivity (Wildman–Crippen MR) is 48.9 cm³/mol. The van der Waals surface area contributed by atoms with Gasteiger partial charge in [-0.2, -0.15) is 0 Å². The fourth-order valence-corrected chi connectivity index (χ4v) is 1.71. The minimum atomic E-state index is 0. The average molecular weight is 180 g/mol. The van der Waals surface area contributed by atoms with E-state index in [1.54, 1.807) is 0 Å². The summed E-state index contributed by atoms with van der Waals surface area (Å²) in [5.41, 5.74) is 5.70. The van der Waals surface area contributed by atoms with E-state index >= 15 is 0 Å². The van der Waals surface area contributed by atoms with Crippen molar-refractivity contribution in [1.29, 1.82) is 0 Å². The van der Waals surface area contributed by atoms with Crippen molar-refractivity contribution >= 4 is 12.4 Å². The number of nitrogens with two attached hydrogens (primary N) is 1. The number of rotatable bonds is 2. The molecule has 0 heterocycles. The van der Waals surface area contributed by atoms with Crippen LogP contribution in [0.2, 0.25) is 0 Å². The quantitative estimate of drug-likeness (QED) is 0.672. The van der Waals surface area contributed by atoms with Gasteiger partial charge in [-0.15, -0.1) is 12.4 Å². The van der Waals surface area contributed by atoms with Crippen LogP contribution in [0.25, 0.3) is 0 Å². The Balaban J connectivity index is 0.000001000. The number of halogens is 1. The first-order valence-corrected chi connectivity index (χ1v) is 4.21. The van der Waals surface area contributed by atoms with Gasteiger partial charge >= 0.3 is 0 Å². The van der Waals surface area contributed by atoms with E-state index in [2.05, 4.69) is 0 Å². The van der Waals surface area contributed by atoms with Crippen molar-refractivity contribution in [3.8, 4) is 0 Å². The Labute approximate surface area is 74.6 Å². The van der Waals surface area contributed by atoms with Crippen LogP contribution in [0.4, 0.5) is 0 Å². The molecule has 1 unspecified atom stereocenters. The van der Waals surface area contributed by atoms with Crippen LogP contribution in [0.1, 0.15) is 32.1 Å². The van der Waals surface area contributed by atoms with Crippen LogP contribution in [0, 0.1) is 5.92 Å². The van der Waals surface area contributed by atoms with Gasteiger partial charge in [0.25, 0.3) is 0 Å². The lowest BCUT2D eigenvalue weighted by molar-refractivity contribution is 0.198. The summed E-state index contributed by atoms with van der Waals surface area (Å²) in [5, 5.41) is 8.76. The van der Waals surface area contributed by atoms with Gasteiger partial charge < -0.3 is 10.8 Å². The van der Waals surface area contributed by atoms with E-state index in [1.165, 1.54) is 32.1 Å². The average Bonchev–Trinajstić information content (AvgIpc) is 2.05. The van der Waals surface area contributed by atoms with Crippen LogP contribution >= 0.6 is 12.4 Å². The van der Waals surface area contributed by atoms with Gasteiger partial charge in [-0.3, -0.25) is 0 Å². The summed E-state index contributed by atoms with van der Waals surface area (Å²) in [6, 6.07) is 0.0419. The van der Waals surface area contributed by atoms with E-state index < -0.39 is 0 Å². The van der Waals surface area contributed by atoms with Crippen LogP contribution in [0.5, 0.6) is 0 Å². The molecule has 1 rings (SSSR count). The molecule has 0 aliphatic heterocycles. The van der Waals surface area contributed by atoms with Gasteiger partial charge in [0.15, 0.2) is 0 Å². The summed E-state index contributed by atoms with van der Waals surface area (Å²) >= 11 is 0. The van der Waals surface area contributed by atoms with Crippen LogP contribution in [-0.4, -0.2) is 17.8 Å². The van der Waals surface area contributed by atoms with Gasteiger partial charge in [0.2, 0.25) is 0 Å². The minimum Gasteiger partial charge on any atom is -0.395 e. The summed E-state index contributed by atoms with van der Waals surface area (Å²) in [7, 11) is 0. The fraction of sp³-hybridized carbons (Fsp3) is 1.00. The van der Waals surface area contributed by atoms with Crippen molar-refractivity contribution < 1.29 is 5.11 Å². The first kappa shape index (κ1) is 11.2. The molecule has 1 aliphatic carbocycles. The van der Waals surface area contributed by atoms with Gasteiger partial charge in [0, 0.05) is 6.04 Å². The molecule has 0 saturated heterocycles. The van der Waals surface area contributed by atoms with Crippen LogP contribution in [0.15, 0.2) is 0 Å². The van der Waals surface area contributed by atoms with Crippen molar-refractivity contribution in [2.75, 3.05) is 6.61 Å². The maximum absolute atomic E-state index is 8.76. The van der Waals surface area contributed by atoms with Gasteiger partial charge in [0.1, 0.15) is 0 Å². The van der Waals surface area contributed by atoms with E-state index in [4.69, 9.17) is 10.8 Å². The number of hydrogen-bond acceptors (Lipinski definition) is 2. The largest absolute Gasteiger partial charge is 0.395 e. The molecule has 1 saturated carbocycles. The lowest BCUT2D eigenvalue weighted by atomic mass is 9.85. The number of hydrogen-bond donors (Lipinski definition) is 2. The van der Waals surface area contributed by atoms with E-state index in [-0.39, 0.29) is 25.1 Å². The smallest absolute Gasteiger partial charge is 0.0585 e. The van der Waals surface area contributed by atoms with Gasteiger partial charge in [0.05, 0.1) is 6.61 Å². The predicted octanol–water partition coefficient (Wildman–Crippen LogP) is 1.31. The van der Waals surface area contributed by atoms with Gasteiger partial charge in [-0.1, -0.05) is 19.3 Å². The topological polar surface area (TPSA) is 46.2 Å². The second kappa shape index (κ2) is 5.81. The Bertz CT molecular complexity index is 94.1. The van der Waals surface area contributed by atoms with Gasteiger partial charge in [-0.25, -0.2) is 0 Å². The van der Waals surface area contributed by atoms with E-state index in [1.807, 2.05) is 0 Å². The highest BCUT2D eigenvalue weighted by Crippen LogP contribution is 2.25. The molecule has 0 spiro atoms. The second-order valence-corrected chi connectivity index (χ2v) is 3.24. The zero-order valence-electron chi connectivity index (χ0n) is 6.83. The molecule has 0 bridgehead atoms. The van der Waals surface area contributed by atoms with Gasteiger partial charge in [-0.05, 0) is 18.8 Å². The number of aliphatic hydroxyl groups is 1. The highest BCUT2D eigenvalue weighted by atomic mass is 35.5. The highest BCUT2D eigenvalue weighted by molar-refractivity contribution is 5.85. The highest BCUT2D eigenvalue weighted by Gasteiger charge is 2.18. The monoisotopic (exact) mass is 179 g/mol. The van der Waals surface area contributed by atoms with Crippen molar-refractivity contribution in [3.05, 3.63) is 0 Å². The van der Waals surface area contributed by atoms with Crippen molar-refractivity contribution in [2.45, 2.75) is 38.1 Å². The van der Waals surface area contributed by atoms with Crippen molar-refractivity contribution in [2.24, 2.45) is 11.7 Å². The molecule has 1 aliphatic rings. The summed E-state index contributed by atoms with van der Waals surface area (Å²) in [5.74, 6) is 0.596. The first-order valence-electron chi connectivity index (χ1n) is 4.21. The summed E-state index contributed by atoms with van der Waals surface area (Å²) in [4.78, 5) is 0. The summed E-state index contributed by atoms with van der Waals surface area (Å²) in [6.07, 6.45) is 6.41.